The number of non-ortho nitro benzene ring substituents is 1. The van der Waals surface area contributed by atoms with Gasteiger partial charge in [-0.2, -0.15) is 0 Å². The van der Waals surface area contributed by atoms with Crippen molar-refractivity contribution in [2.45, 2.75) is 38.6 Å². The van der Waals surface area contributed by atoms with E-state index in [2.05, 4.69) is 27.2 Å². The molecule has 1 aromatic carbocycles. The molecule has 0 amide bonds. The first-order valence-corrected chi connectivity index (χ1v) is 11.3. The number of nitrogens with one attached hydrogen (secondary N) is 2. The molecule has 3 fully saturated rings. The average molecular weight is 446 g/mol. The van der Waals surface area contributed by atoms with E-state index in [-0.39, 0.29) is 11.7 Å². The van der Waals surface area contributed by atoms with Crippen LogP contribution in [0.25, 0.3) is 33.3 Å². The minimum atomic E-state index is -0.454. The van der Waals surface area contributed by atoms with Gasteiger partial charge in [-0.15, -0.1) is 0 Å². The number of H-pyrrole nitrogens is 1. The van der Waals surface area contributed by atoms with Gasteiger partial charge < -0.3 is 10.3 Å². The summed E-state index contributed by atoms with van der Waals surface area (Å²) in [6.45, 7) is 2.26. The fourth-order valence-corrected chi connectivity index (χ4v) is 5.86. The fraction of sp³-hybridized carbons (Fsp3) is 0.375. The van der Waals surface area contributed by atoms with Gasteiger partial charge in [0.15, 0.2) is 5.82 Å². The second-order valence-electron chi connectivity index (χ2n) is 9.28. The van der Waals surface area contributed by atoms with Crippen molar-refractivity contribution in [3.8, 4) is 11.4 Å². The van der Waals surface area contributed by atoms with E-state index in [0.717, 1.165) is 19.0 Å². The fourth-order valence-electron chi connectivity index (χ4n) is 5.86. The molecule has 33 heavy (non-hydrogen) atoms. The highest BCUT2D eigenvalue weighted by molar-refractivity contribution is 6.00. The molecule has 3 saturated carbocycles. The van der Waals surface area contributed by atoms with Crippen LogP contribution in [0, 0.1) is 33.7 Å². The van der Waals surface area contributed by atoms with Crippen molar-refractivity contribution in [3.05, 3.63) is 52.6 Å². The molecule has 2 atom stereocenters. The molecule has 168 valence electrons. The Kier molecular flexibility index (Phi) is 4.53. The molecule has 7 rings (SSSR count). The summed E-state index contributed by atoms with van der Waals surface area (Å²) in [5.74, 6) is 2.03. The third kappa shape index (κ3) is 3.21. The molecule has 3 heterocycles. The van der Waals surface area contributed by atoms with Crippen molar-refractivity contribution in [1.29, 1.82) is 0 Å². The van der Waals surface area contributed by atoms with Crippen LogP contribution in [0.4, 0.5) is 15.9 Å². The molecule has 2 N–H and O–H groups in total. The number of aromatic amines is 1. The zero-order valence-corrected chi connectivity index (χ0v) is 18.1. The molecular weight excluding hydrogens is 423 g/mol. The minimum absolute atomic E-state index is 0.0261. The number of pyridine rings is 1. The first-order valence-electron chi connectivity index (χ1n) is 11.3. The van der Waals surface area contributed by atoms with Crippen LogP contribution in [0.2, 0.25) is 0 Å². The van der Waals surface area contributed by atoms with Gasteiger partial charge in [0.25, 0.3) is 5.69 Å². The Labute approximate surface area is 188 Å². The van der Waals surface area contributed by atoms with Crippen LogP contribution in [0.3, 0.4) is 0 Å². The monoisotopic (exact) mass is 446 g/mol. The molecule has 2 unspecified atom stereocenters. The Morgan fingerprint density at radius 2 is 1.97 bits per heavy atom. The third-order valence-electron chi connectivity index (χ3n) is 7.57. The maximum absolute atomic E-state index is 13.9. The zero-order valence-electron chi connectivity index (χ0n) is 18.1. The summed E-state index contributed by atoms with van der Waals surface area (Å²) in [4.78, 5) is 28.0. The van der Waals surface area contributed by atoms with E-state index in [9.17, 15) is 14.5 Å². The second kappa shape index (κ2) is 7.47. The van der Waals surface area contributed by atoms with Gasteiger partial charge >= 0.3 is 0 Å². The van der Waals surface area contributed by atoms with Crippen molar-refractivity contribution in [1.82, 2.24) is 19.9 Å². The Balaban J connectivity index is 1.54. The van der Waals surface area contributed by atoms with Gasteiger partial charge in [0, 0.05) is 29.3 Å². The number of rotatable bonds is 4. The van der Waals surface area contributed by atoms with E-state index < -0.39 is 10.7 Å². The van der Waals surface area contributed by atoms with Gasteiger partial charge in [0.2, 0.25) is 0 Å². The van der Waals surface area contributed by atoms with Gasteiger partial charge in [-0.05, 0) is 55.6 Å². The van der Waals surface area contributed by atoms with Crippen LogP contribution in [0.1, 0.15) is 32.6 Å². The largest absolute Gasteiger partial charge is 0.366 e. The molecule has 0 aliphatic heterocycles. The maximum Gasteiger partial charge on any atom is 0.282 e. The van der Waals surface area contributed by atoms with Gasteiger partial charge in [-0.1, -0.05) is 13.0 Å². The lowest BCUT2D eigenvalue weighted by molar-refractivity contribution is -0.383. The van der Waals surface area contributed by atoms with Crippen molar-refractivity contribution in [3.63, 3.8) is 0 Å². The first-order chi connectivity index (χ1) is 16.0. The predicted molar refractivity (Wildman–Crippen MR) is 123 cm³/mol. The molecule has 3 aromatic heterocycles. The smallest absolute Gasteiger partial charge is 0.282 e. The molecule has 3 aliphatic carbocycles. The van der Waals surface area contributed by atoms with E-state index in [1.54, 1.807) is 18.3 Å². The van der Waals surface area contributed by atoms with Gasteiger partial charge in [-0.25, -0.2) is 19.3 Å². The van der Waals surface area contributed by atoms with Crippen molar-refractivity contribution in [2.24, 2.45) is 17.8 Å². The normalized spacial score (nSPS) is 24.4. The van der Waals surface area contributed by atoms with E-state index in [4.69, 9.17) is 4.98 Å². The Hall–Kier alpha value is -3.62. The lowest BCUT2D eigenvalue weighted by Gasteiger charge is -2.47. The quantitative estimate of drug-likeness (QED) is 0.318. The highest BCUT2D eigenvalue weighted by Crippen LogP contribution is 2.46. The summed E-state index contributed by atoms with van der Waals surface area (Å²) < 4.78 is 13.9. The second-order valence-corrected chi connectivity index (χ2v) is 9.28. The topological polar surface area (TPSA) is 110 Å². The number of fused-ring (bicyclic) bond motifs is 5. The Bertz CT molecular complexity index is 1390. The zero-order chi connectivity index (χ0) is 22.7. The van der Waals surface area contributed by atoms with Crippen molar-refractivity contribution >= 4 is 33.4 Å². The molecule has 0 radical (unpaired) electrons. The Morgan fingerprint density at radius 3 is 2.73 bits per heavy atom. The highest BCUT2D eigenvalue weighted by Gasteiger charge is 2.41. The number of nitro benzene ring substituents is 1. The number of anilines is 1. The number of hydrogen-bond donors (Lipinski definition) is 2. The van der Waals surface area contributed by atoms with E-state index in [1.165, 1.54) is 25.0 Å². The van der Waals surface area contributed by atoms with Gasteiger partial charge in [-0.3, -0.25) is 10.1 Å². The predicted octanol–water partition coefficient (Wildman–Crippen LogP) is 5.46. The van der Waals surface area contributed by atoms with Crippen molar-refractivity contribution in [2.75, 3.05) is 5.32 Å². The SMILES string of the molecule is CC1C2CCC(CC2)C1Nc1nc(-c2c[nH]c3ncc(F)cc23)nc2cccc([N+](=O)[O-])c12. The number of nitrogens with zero attached hydrogens (tertiary/aromatic N) is 4. The van der Waals surface area contributed by atoms with Crippen LogP contribution in [0.15, 0.2) is 36.7 Å². The summed E-state index contributed by atoms with van der Waals surface area (Å²) in [6, 6.07) is 6.46. The van der Waals surface area contributed by atoms with E-state index in [1.807, 2.05) is 0 Å². The number of nitro groups is 1. The summed E-state index contributed by atoms with van der Waals surface area (Å²) in [5, 5.41) is 16.4. The summed E-state index contributed by atoms with van der Waals surface area (Å²) in [6.07, 6.45) is 7.67. The number of benzene rings is 1. The van der Waals surface area contributed by atoms with Crippen LogP contribution in [-0.2, 0) is 0 Å². The molecule has 0 spiro atoms. The summed E-state index contributed by atoms with van der Waals surface area (Å²) in [5.41, 5.74) is 1.58. The van der Waals surface area contributed by atoms with E-state index >= 15 is 0 Å². The maximum atomic E-state index is 13.9. The lowest BCUT2D eigenvalue weighted by atomic mass is 9.62. The molecule has 2 bridgehead atoms. The Morgan fingerprint density at radius 1 is 1.18 bits per heavy atom. The van der Waals surface area contributed by atoms with Crippen LogP contribution in [-0.4, -0.2) is 30.9 Å². The average Bonchev–Trinajstić information content (AvgIpc) is 3.24. The van der Waals surface area contributed by atoms with Crippen LogP contribution >= 0.6 is 0 Å². The van der Waals surface area contributed by atoms with Crippen molar-refractivity contribution < 1.29 is 9.31 Å². The molecule has 9 heteroatoms. The summed E-state index contributed by atoms with van der Waals surface area (Å²) in [7, 11) is 0. The molecule has 8 nitrogen and oxygen atoms in total. The standard InChI is InChI=1S/C24H23FN6O2/c1-12-13-5-7-14(8-6-13)21(12)29-24-20-18(3-2-4-19(20)31(32)33)28-23(30-24)17-11-27-22-16(17)9-15(25)10-26-22/h2-4,9-14,21H,5-8H2,1H3,(H,26,27)(H,28,29,30). The van der Waals surface area contributed by atoms with Crippen LogP contribution < -0.4 is 5.32 Å². The molecule has 0 saturated heterocycles. The molecule has 3 aliphatic rings. The molecular formula is C24H23FN6O2. The highest BCUT2D eigenvalue weighted by atomic mass is 19.1. The number of aromatic nitrogens is 4. The summed E-state index contributed by atoms with van der Waals surface area (Å²) >= 11 is 0. The number of hydrogen-bond acceptors (Lipinski definition) is 6. The van der Waals surface area contributed by atoms with Crippen LogP contribution in [0.5, 0.6) is 0 Å². The number of halogens is 1. The first kappa shape index (κ1) is 20.0. The minimum Gasteiger partial charge on any atom is -0.366 e. The van der Waals surface area contributed by atoms with E-state index in [0.29, 0.717) is 56.9 Å². The molecule has 4 aromatic rings. The lowest BCUT2D eigenvalue weighted by Crippen LogP contribution is -2.47. The third-order valence-corrected chi connectivity index (χ3v) is 7.57. The van der Waals surface area contributed by atoms with Gasteiger partial charge in [0.05, 0.1) is 16.6 Å². The van der Waals surface area contributed by atoms with Gasteiger partial charge in [0.1, 0.15) is 22.7 Å².